The molecule has 1 aromatic rings. The summed E-state index contributed by atoms with van der Waals surface area (Å²) < 4.78 is 1.63. The summed E-state index contributed by atoms with van der Waals surface area (Å²) in [7, 11) is 1.80. The number of hydrogen-bond donors (Lipinski definition) is 1. The highest BCUT2D eigenvalue weighted by molar-refractivity contribution is 6.30. The van der Waals surface area contributed by atoms with Crippen LogP contribution in [0.4, 0.5) is 0 Å². The first-order chi connectivity index (χ1) is 9.02. The van der Waals surface area contributed by atoms with Crippen molar-refractivity contribution in [2.75, 3.05) is 6.54 Å². The highest BCUT2D eigenvalue weighted by Crippen LogP contribution is 2.30. The van der Waals surface area contributed by atoms with Gasteiger partial charge in [-0.05, 0) is 45.1 Å². The van der Waals surface area contributed by atoms with Crippen molar-refractivity contribution < 1.29 is 4.79 Å². The van der Waals surface area contributed by atoms with Crippen LogP contribution >= 0.6 is 11.6 Å². The Balaban J connectivity index is 1.98. The van der Waals surface area contributed by atoms with Crippen molar-refractivity contribution in [3.05, 3.63) is 16.4 Å². The fourth-order valence-corrected chi connectivity index (χ4v) is 3.15. The Bertz CT molecular complexity index is 462. The third-order valence-corrected chi connectivity index (χ3v) is 4.73. The SMILES string of the molecule is Cc1nn(C)c(Cl)c1CC(=O)C1CCC(CN)CC1. The maximum atomic E-state index is 12.3. The summed E-state index contributed by atoms with van der Waals surface area (Å²) in [5.41, 5.74) is 7.42. The molecule has 0 atom stereocenters. The molecule has 0 aliphatic heterocycles. The fraction of sp³-hybridized carbons (Fsp3) is 0.714. The lowest BCUT2D eigenvalue weighted by Gasteiger charge is -2.26. The van der Waals surface area contributed by atoms with Gasteiger partial charge in [0.1, 0.15) is 10.9 Å². The van der Waals surface area contributed by atoms with E-state index < -0.39 is 0 Å². The Hall–Kier alpha value is -0.870. The zero-order chi connectivity index (χ0) is 14.0. The molecule has 1 aliphatic rings. The molecule has 1 aromatic heterocycles. The summed E-state index contributed by atoms with van der Waals surface area (Å²) in [6.07, 6.45) is 4.51. The van der Waals surface area contributed by atoms with Crippen LogP contribution in [0.25, 0.3) is 0 Å². The molecular formula is C14H22ClN3O. The van der Waals surface area contributed by atoms with Gasteiger partial charge in [-0.15, -0.1) is 0 Å². The van der Waals surface area contributed by atoms with Crippen LogP contribution in [0, 0.1) is 18.8 Å². The van der Waals surface area contributed by atoms with E-state index in [1.807, 2.05) is 6.92 Å². The minimum atomic E-state index is 0.179. The Morgan fingerprint density at radius 2 is 2.05 bits per heavy atom. The molecule has 2 rings (SSSR count). The predicted octanol–water partition coefficient (Wildman–Crippen LogP) is 2.26. The van der Waals surface area contributed by atoms with Gasteiger partial charge in [-0.2, -0.15) is 5.10 Å². The average molecular weight is 284 g/mol. The van der Waals surface area contributed by atoms with Gasteiger partial charge in [0.25, 0.3) is 0 Å². The maximum Gasteiger partial charge on any atom is 0.140 e. The molecule has 1 heterocycles. The number of hydrogen-bond acceptors (Lipinski definition) is 3. The van der Waals surface area contributed by atoms with Crippen molar-refractivity contribution in [1.29, 1.82) is 0 Å². The third kappa shape index (κ3) is 3.18. The summed E-state index contributed by atoms with van der Waals surface area (Å²) in [5, 5.41) is 4.83. The lowest BCUT2D eigenvalue weighted by atomic mass is 9.79. The number of carbonyl (C=O) groups excluding carboxylic acids is 1. The quantitative estimate of drug-likeness (QED) is 0.922. The van der Waals surface area contributed by atoms with Crippen molar-refractivity contribution >= 4 is 17.4 Å². The summed E-state index contributed by atoms with van der Waals surface area (Å²) in [4.78, 5) is 12.3. The van der Waals surface area contributed by atoms with Crippen LogP contribution in [0.15, 0.2) is 0 Å². The number of aryl methyl sites for hydroxylation is 2. The van der Waals surface area contributed by atoms with Crippen LogP contribution in [0.1, 0.15) is 36.9 Å². The lowest BCUT2D eigenvalue weighted by Crippen LogP contribution is -2.26. The standard InChI is InChI=1S/C14H22ClN3O/c1-9-12(14(15)18(2)17-9)7-13(19)11-5-3-10(8-16)4-6-11/h10-11H,3-8,16H2,1-2H3. The molecule has 0 spiro atoms. The average Bonchev–Trinajstić information content (AvgIpc) is 2.65. The van der Waals surface area contributed by atoms with Gasteiger partial charge in [0.05, 0.1) is 5.69 Å². The van der Waals surface area contributed by atoms with Gasteiger partial charge in [-0.25, -0.2) is 0 Å². The van der Waals surface area contributed by atoms with Crippen LogP contribution in [-0.2, 0) is 18.3 Å². The van der Waals surface area contributed by atoms with Crippen molar-refractivity contribution in [2.24, 2.45) is 24.6 Å². The second kappa shape index (κ2) is 6.06. The Morgan fingerprint density at radius 1 is 1.42 bits per heavy atom. The first-order valence-corrected chi connectivity index (χ1v) is 7.31. The van der Waals surface area contributed by atoms with E-state index in [4.69, 9.17) is 17.3 Å². The lowest BCUT2D eigenvalue weighted by molar-refractivity contribution is -0.123. The molecule has 0 amide bonds. The molecular weight excluding hydrogens is 262 g/mol. The van der Waals surface area contributed by atoms with Gasteiger partial charge < -0.3 is 5.73 Å². The molecule has 2 N–H and O–H groups in total. The number of nitrogens with zero attached hydrogens (tertiary/aromatic N) is 2. The normalized spacial score (nSPS) is 23.6. The maximum absolute atomic E-state index is 12.3. The molecule has 106 valence electrons. The second-order valence-corrected chi connectivity index (χ2v) is 5.93. The predicted molar refractivity (Wildman–Crippen MR) is 76.2 cm³/mol. The smallest absolute Gasteiger partial charge is 0.140 e. The number of ketones is 1. The van der Waals surface area contributed by atoms with E-state index in [9.17, 15) is 4.79 Å². The van der Waals surface area contributed by atoms with Gasteiger partial charge >= 0.3 is 0 Å². The van der Waals surface area contributed by atoms with Crippen LogP contribution in [0.3, 0.4) is 0 Å². The molecule has 0 saturated heterocycles. The summed E-state index contributed by atoms with van der Waals surface area (Å²) in [6, 6.07) is 0. The molecule has 0 unspecified atom stereocenters. The van der Waals surface area contributed by atoms with E-state index in [1.165, 1.54) is 0 Å². The molecule has 0 bridgehead atoms. The molecule has 4 nitrogen and oxygen atoms in total. The summed E-state index contributed by atoms with van der Waals surface area (Å²) >= 11 is 6.17. The van der Waals surface area contributed by atoms with E-state index in [1.54, 1.807) is 11.7 Å². The molecule has 0 radical (unpaired) electrons. The van der Waals surface area contributed by atoms with Crippen molar-refractivity contribution in [2.45, 2.75) is 39.0 Å². The van der Waals surface area contributed by atoms with E-state index in [-0.39, 0.29) is 5.92 Å². The van der Waals surface area contributed by atoms with Crippen molar-refractivity contribution in [1.82, 2.24) is 9.78 Å². The molecule has 0 aromatic carbocycles. The van der Waals surface area contributed by atoms with Crippen molar-refractivity contribution in [3.63, 3.8) is 0 Å². The van der Waals surface area contributed by atoms with E-state index in [0.29, 0.717) is 23.3 Å². The van der Waals surface area contributed by atoms with Gasteiger partial charge in [0.15, 0.2) is 0 Å². The fourth-order valence-electron chi connectivity index (χ4n) is 2.91. The van der Waals surface area contributed by atoms with E-state index in [0.717, 1.165) is 43.5 Å². The topological polar surface area (TPSA) is 60.9 Å². The summed E-state index contributed by atoms with van der Waals surface area (Å²) in [6.45, 7) is 2.65. The number of Topliss-reactive ketones (excluding diaryl/α,β-unsaturated/α-hetero) is 1. The van der Waals surface area contributed by atoms with E-state index >= 15 is 0 Å². The van der Waals surface area contributed by atoms with Crippen LogP contribution < -0.4 is 5.73 Å². The minimum absolute atomic E-state index is 0.179. The van der Waals surface area contributed by atoms with Crippen molar-refractivity contribution in [3.8, 4) is 0 Å². The number of rotatable bonds is 4. The van der Waals surface area contributed by atoms with Gasteiger partial charge in [-0.3, -0.25) is 9.48 Å². The van der Waals surface area contributed by atoms with E-state index in [2.05, 4.69) is 5.10 Å². The van der Waals surface area contributed by atoms with Gasteiger partial charge in [0.2, 0.25) is 0 Å². The minimum Gasteiger partial charge on any atom is -0.330 e. The zero-order valence-corrected chi connectivity index (χ0v) is 12.4. The third-order valence-electron chi connectivity index (χ3n) is 4.26. The first kappa shape index (κ1) is 14.5. The molecule has 5 heteroatoms. The van der Waals surface area contributed by atoms with Crippen LogP contribution in [-0.4, -0.2) is 22.1 Å². The Kier molecular flexibility index (Phi) is 4.63. The number of carbonyl (C=O) groups is 1. The van der Waals surface area contributed by atoms with Crippen LogP contribution in [0.2, 0.25) is 5.15 Å². The number of halogens is 1. The zero-order valence-electron chi connectivity index (χ0n) is 11.7. The summed E-state index contributed by atoms with van der Waals surface area (Å²) in [5.74, 6) is 1.08. The highest BCUT2D eigenvalue weighted by atomic mass is 35.5. The number of nitrogens with two attached hydrogens (primary N) is 1. The Labute approximate surface area is 119 Å². The molecule has 1 saturated carbocycles. The monoisotopic (exact) mass is 283 g/mol. The molecule has 1 aliphatic carbocycles. The van der Waals surface area contributed by atoms with Gasteiger partial charge in [0, 0.05) is 24.9 Å². The second-order valence-electron chi connectivity index (χ2n) is 5.57. The van der Waals surface area contributed by atoms with Crippen LogP contribution in [0.5, 0.6) is 0 Å². The number of aromatic nitrogens is 2. The molecule has 1 fully saturated rings. The van der Waals surface area contributed by atoms with Gasteiger partial charge in [-0.1, -0.05) is 11.6 Å². The highest BCUT2D eigenvalue weighted by Gasteiger charge is 2.27. The first-order valence-electron chi connectivity index (χ1n) is 6.93. The Morgan fingerprint density at radius 3 is 2.53 bits per heavy atom. The molecule has 19 heavy (non-hydrogen) atoms. The largest absolute Gasteiger partial charge is 0.330 e.